The van der Waals surface area contributed by atoms with Gasteiger partial charge < -0.3 is 10.5 Å². The van der Waals surface area contributed by atoms with Crippen LogP contribution in [0.2, 0.25) is 0 Å². The molecule has 0 aromatic heterocycles. The third kappa shape index (κ3) is 3.37. The van der Waals surface area contributed by atoms with Crippen molar-refractivity contribution in [2.75, 3.05) is 13.2 Å². The lowest BCUT2D eigenvalue weighted by atomic mass is 9.77. The zero-order valence-corrected chi connectivity index (χ0v) is 14.7. The summed E-state index contributed by atoms with van der Waals surface area (Å²) in [5.41, 5.74) is 9.87. The highest BCUT2D eigenvalue weighted by molar-refractivity contribution is 5.50. The molecule has 0 bridgehead atoms. The van der Waals surface area contributed by atoms with Gasteiger partial charge in [0, 0.05) is 6.54 Å². The number of hydrogen-bond donors (Lipinski definition) is 1. The van der Waals surface area contributed by atoms with Crippen LogP contribution in [0.5, 0.6) is 0 Å². The van der Waals surface area contributed by atoms with Gasteiger partial charge in [-0.05, 0) is 28.7 Å². The maximum absolute atomic E-state index is 6.55. The number of hydrogen-bond acceptors (Lipinski definition) is 2. The van der Waals surface area contributed by atoms with Gasteiger partial charge in [-0.25, -0.2) is 0 Å². The average molecular weight is 331 g/mol. The minimum atomic E-state index is -0.658. The first kappa shape index (κ1) is 17.4. The molecule has 0 atom stereocenters. The van der Waals surface area contributed by atoms with E-state index >= 15 is 0 Å². The Morgan fingerprint density at radius 1 is 0.760 bits per heavy atom. The Hall–Kier alpha value is -2.42. The summed E-state index contributed by atoms with van der Waals surface area (Å²) in [4.78, 5) is 0. The van der Waals surface area contributed by atoms with Gasteiger partial charge >= 0.3 is 0 Å². The van der Waals surface area contributed by atoms with E-state index in [1.165, 1.54) is 11.1 Å². The van der Waals surface area contributed by atoms with Crippen LogP contribution in [0.4, 0.5) is 0 Å². The Labute approximate surface area is 150 Å². The van der Waals surface area contributed by atoms with Crippen molar-refractivity contribution >= 4 is 0 Å². The van der Waals surface area contributed by atoms with Crippen LogP contribution >= 0.6 is 0 Å². The van der Waals surface area contributed by atoms with E-state index in [-0.39, 0.29) is 0 Å². The van der Waals surface area contributed by atoms with Crippen molar-refractivity contribution in [3.05, 3.63) is 107 Å². The first-order valence-electron chi connectivity index (χ1n) is 8.86. The lowest BCUT2D eigenvalue weighted by Crippen LogP contribution is -2.35. The molecule has 128 valence electrons. The highest BCUT2D eigenvalue weighted by Gasteiger charge is 2.38. The summed E-state index contributed by atoms with van der Waals surface area (Å²) in [6, 6.07) is 29.4. The Morgan fingerprint density at radius 2 is 1.28 bits per heavy atom. The van der Waals surface area contributed by atoms with E-state index in [1.54, 1.807) is 0 Å². The van der Waals surface area contributed by atoms with Crippen LogP contribution in [0.3, 0.4) is 0 Å². The zero-order valence-electron chi connectivity index (χ0n) is 14.7. The topological polar surface area (TPSA) is 35.2 Å². The van der Waals surface area contributed by atoms with Crippen molar-refractivity contribution in [1.82, 2.24) is 0 Å². The van der Waals surface area contributed by atoms with Crippen LogP contribution in [0.1, 0.15) is 29.2 Å². The molecule has 0 saturated heterocycles. The predicted octanol–water partition coefficient (Wildman–Crippen LogP) is 4.52. The molecule has 0 aliphatic carbocycles. The number of nitrogens with two attached hydrogens (primary N) is 1. The minimum absolute atomic E-state index is 0.482. The van der Waals surface area contributed by atoms with Gasteiger partial charge in [-0.1, -0.05) is 91.9 Å². The van der Waals surface area contributed by atoms with Crippen molar-refractivity contribution in [1.29, 1.82) is 0 Å². The highest BCUT2D eigenvalue weighted by atomic mass is 16.5. The maximum Gasteiger partial charge on any atom is 0.144 e. The second kappa shape index (κ2) is 8.11. The molecule has 0 amide bonds. The van der Waals surface area contributed by atoms with E-state index in [4.69, 9.17) is 10.5 Å². The third-order valence-corrected chi connectivity index (χ3v) is 4.57. The predicted molar refractivity (Wildman–Crippen MR) is 104 cm³/mol. The summed E-state index contributed by atoms with van der Waals surface area (Å²) < 4.78 is 6.55. The normalized spacial score (nSPS) is 11.4. The summed E-state index contributed by atoms with van der Waals surface area (Å²) in [6.45, 7) is 3.15. The number of rotatable bonds is 7. The molecule has 3 aromatic rings. The molecular formula is C23H25NO. The zero-order chi connectivity index (χ0) is 17.5. The van der Waals surface area contributed by atoms with E-state index in [0.717, 1.165) is 17.5 Å². The van der Waals surface area contributed by atoms with Crippen molar-refractivity contribution < 1.29 is 4.74 Å². The molecule has 25 heavy (non-hydrogen) atoms. The standard InChI is InChI=1S/C23H25NO/c1-2-19-11-9-10-16-22(19)23(25-18-17-24,20-12-5-3-6-13-20)21-14-7-4-8-15-21/h3-16H,2,17-18,24H2,1H3. The van der Waals surface area contributed by atoms with Crippen LogP contribution < -0.4 is 5.73 Å². The fourth-order valence-corrected chi connectivity index (χ4v) is 3.45. The fourth-order valence-electron chi connectivity index (χ4n) is 3.45. The summed E-state index contributed by atoms with van der Waals surface area (Å²) in [5, 5.41) is 0. The van der Waals surface area contributed by atoms with Crippen LogP contribution in [0.25, 0.3) is 0 Å². The molecule has 0 fully saturated rings. The van der Waals surface area contributed by atoms with Crippen LogP contribution in [-0.4, -0.2) is 13.2 Å². The van der Waals surface area contributed by atoms with Crippen molar-refractivity contribution in [3.8, 4) is 0 Å². The van der Waals surface area contributed by atoms with Gasteiger partial charge in [0.15, 0.2) is 0 Å². The van der Waals surface area contributed by atoms with E-state index < -0.39 is 5.60 Å². The molecule has 2 nitrogen and oxygen atoms in total. The Balaban J connectivity index is 2.32. The molecule has 3 rings (SSSR count). The maximum atomic E-state index is 6.55. The first-order valence-corrected chi connectivity index (χ1v) is 8.86. The fraction of sp³-hybridized carbons (Fsp3) is 0.217. The highest BCUT2D eigenvalue weighted by Crippen LogP contribution is 2.41. The second-order valence-electron chi connectivity index (χ2n) is 6.06. The molecule has 2 heteroatoms. The molecule has 0 spiro atoms. The summed E-state index contributed by atoms with van der Waals surface area (Å²) in [5.74, 6) is 0. The smallest absolute Gasteiger partial charge is 0.144 e. The van der Waals surface area contributed by atoms with Crippen molar-refractivity contribution in [2.24, 2.45) is 5.73 Å². The van der Waals surface area contributed by atoms with Crippen LogP contribution in [0, 0.1) is 0 Å². The minimum Gasteiger partial charge on any atom is -0.360 e. The Kier molecular flexibility index (Phi) is 5.64. The van der Waals surface area contributed by atoms with Gasteiger partial charge in [-0.15, -0.1) is 0 Å². The van der Waals surface area contributed by atoms with Gasteiger partial charge in [0.25, 0.3) is 0 Å². The largest absolute Gasteiger partial charge is 0.360 e. The molecule has 0 saturated carbocycles. The van der Waals surface area contributed by atoms with Gasteiger partial charge in [-0.3, -0.25) is 0 Å². The van der Waals surface area contributed by atoms with Gasteiger partial charge in [0.2, 0.25) is 0 Å². The van der Waals surface area contributed by atoms with E-state index in [2.05, 4.69) is 79.7 Å². The molecule has 0 radical (unpaired) electrons. The average Bonchev–Trinajstić information content (AvgIpc) is 2.70. The molecule has 2 N–H and O–H groups in total. The van der Waals surface area contributed by atoms with Gasteiger partial charge in [0.1, 0.15) is 5.60 Å². The number of ether oxygens (including phenoxy) is 1. The molecule has 0 unspecified atom stereocenters. The lowest BCUT2D eigenvalue weighted by Gasteiger charge is -2.37. The summed E-state index contributed by atoms with van der Waals surface area (Å²) >= 11 is 0. The third-order valence-electron chi connectivity index (χ3n) is 4.57. The van der Waals surface area contributed by atoms with E-state index in [0.29, 0.717) is 13.2 Å². The number of aryl methyl sites for hydroxylation is 1. The van der Waals surface area contributed by atoms with E-state index in [9.17, 15) is 0 Å². The molecule has 3 aromatic carbocycles. The van der Waals surface area contributed by atoms with Crippen LogP contribution in [-0.2, 0) is 16.8 Å². The molecule has 0 aliphatic rings. The Bertz CT molecular complexity index is 744. The Morgan fingerprint density at radius 3 is 1.80 bits per heavy atom. The lowest BCUT2D eigenvalue weighted by molar-refractivity contribution is 0.0173. The molecule has 0 heterocycles. The quantitative estimate of drug-likeness (QED) is 0.646. The second-order valence-corrected chi connectivity index (χ2v) is 6.06. The van der Waals surface area contributed by atoms with Crippen molar-refractivity contribution in [2.45, 2.75) is 18.9 Å². The van der Waals surface area contributed by atoms with Gasteiger partial charge in [-0.2, -0.15) is 0 Å². The summed E-state index contributed by atoms with van der Waals surface area (Å²) in [6.07, 6.45) is 0.948. The number of benzene rings is 3. The SMILES string of the molecule is CCc1ccccc1C(OCCN)(c1ccccc1)c1ccccc1. The van der Waals surface area contributed by atoms with Crippen molar-refractivity contribution in [3.63, 3.8) is 0 Å². The van der Waals surface area contributed by atoms with Gasteiger partial charge in [0.05, 0.1) is 6.61 Å². The molecular weight excluding hydrogens is 306 g/mol. The van der Waals surface area contributed by atoms with Crippen LogP contribution in [0.15, 0.2) is 84.9 Å². The molecule has 0 aliphatic heterocycles. The monoisotopic (exact) mass is 331 g/mol. The van der Waals surface area contributed by atoms with E-state index in [1.807, 2.05) is 12.1 Å². The first-order chi connectivity index (χ1) is 12.3. The summed E-state index contributed by atoms with van der Waals surface area (Å²) in [7, 11) is 0.